The summed E-state index contributed by atoms with van der Waals surface area (Å²) in [5.41, 5.74) is 1.57. The smallest absolute Gasteiger partial charge is 0.292 e. The van der Waals surface area contributed by atoms with E-state index >= 15 is 0 Å². The predicted molar refractivity (Wildman–Crippen MR) is 77.0 cm³/mol. The predicted octanol–water partition coefficient (Wildman–Crippen LogP) is 3.18. The number of amides is 1. The Kier molecular flexibility index (Phi) is 3.79. The van der Waals surface area contributed by atoms with Crippen molar-refractivity contribution in [2.45, 2.75) is 6.92 Å². The van der Waals surface area contributed by atoms with Crippen molar-refractivity contribution < 1.29 is 9.72 Å². The minimum absolute atomic E-state index is 0.0862. The largest absolute Gasteiger partial charge is 0.305 e. The minimum atomic E-state index is -0.489. The molecule has 0 spiro atoms. The molecule has 0 aliphatic rings. The molecule has 0 aliphatic heterocycles. The summed E-state index contributed by atoms with van der Waals surface area (Å²) >= 11 is 0. The zero-order valence-corrected chi connectivity index (χ0v) is 11.2. The first-order valence-corrected chi connectivity index (χ1v) is 6.09. The molecule has 2 rings (SSSR count). The summed E-state index contributed by atoms with van der Waals surface area (Å²) in [6, 6.07) is 13.4. The third-order valence-corrected chi connectivity index (χ3v) is 3.12. The molecule has 0 saturated carbocycles. The summed E-state index contributed by atoms with van der Waals surface area (Å²) in [6.07, 6.45) is 0. The fourth-order valence-corrected chi connectivity index (χ4v) is 2.01. The number of hydrogen-bond acceptors (Lipinski definition) is 3. The molecule has 2 aromatic rings. The molecule has 2 aromatic carbocycles. The molecule has 102 valence electrons. The molecular formula is C15H14N2O3. The second kappa shape index (κ2) is 5.52. The molecule has 0 fully saturated rings. The van der Waals surface area contributed by atoms with Crippen LogP contribution in [0.2, 0.25) is 0 Å². The van der Waals surface area contributed by atoms with Crippen molar-refractivity contribution in [2.75, 3.05) is 11.9 Å². The molecule has 0 aliphatic carbocycles. The van der Waals surface area contributed by atoms with E-state index in [1.54, 1.807) is 30.3 Å². The van der Waals surface area contributed by atoms with Gasteiger partial charge in [0.2, 0.25) is 0 Å². The Morgan fingerprint density at radius 3 is 2.35 bits per heavy atom. The van der Waals surface area contributed by atoms with Crippen LogP contribution in [0.25, 0.3) is 0 Å². The minimum Gasteiger partial charge on any atom is -0.305 e. The number of carbonyl (C=O) groups excluding carboxylic acids is 1. The lowest BCUT2D eigenvalue weighted by atomic mass is 10.1. The van der Waals surface area contributed by atoms with Crippen LogP contribution in [0.15, 0.2) is 48.5 Å². The van der Waals surface area contributed by atoms with Gasteiger partial charge in [-0.15, -0.1) is 0 Å². The van der Waals surface area contributed by atoms with Crippen LogP contribution in [0.3, 0.4) is 0 Å². The van der Waals surface area contributed by atoms with Gasteiger partial charge in [0.1, 0.15) is 5.69 Å². The third-order valence-electron chi connectivity index (χ3n) is 3.12. The van der Waals surface area contributed by atoms with E-state index in [-0.39, 0.29) is 17.3 Å². The van der Waals surface area contributed by atoms with Crippen LogP contribution >= 0.6 is 0 Å². The van der Waals surface area contributed by atoms with Gasteiger partial charge >= 0.3 is 0 Å². The lowest BCUT2D eigenvalue weighted by Gasteiger charge is -2.18. The number of hydrogen-bond donors (Lipinski definition) is 0. The number of aryl methyl sites for hydroxylation is 1. The summed E-state index contributed by atoms with van der Waals surface area (Å²) in [7, 11) is 1.54. The van der Waals surface area contributed by atoms with E-state index in [2.05, 4.69) is 0 Å². The van der Waals surface area contributed by atoms with Gasteiger partial charge in [0, 0.05) is 18.7 Å². The summed E-state index contributed by atoms with van der Waals surface area (Å²) in [6.45, 7) is 1.83. The zero-order chi connectivity index (χ0) is 14.7. The molecule has 0 saturated heterocycles. The van der Waals surface area contributed by atoms with E-state index in [0.29, 0.717) is 5.56 Å². The van der Waals surface area contributed by atoms with Crippen molar-refractivity contribution >= 4 is 17.3 Å². The topological polar surface area (TPSA) is 63.5 Å². The lowest BCUT2D eigenvalue weighted by molar-refractivity contribution is -0.384. The second-order valence-electron chi connectivity index (χ2n) is 4.42. The van der Waals surface area contributed by atoms with Gasteiger partial charge in [-0.1, -0.05) is 30.3 Å². The van der Waals surface area contributed by atoms with Crippen molar-refractivity contribution in [1.82, 2.24) is 0 Å². The molecular weight excluding hydrogens is 256 g/mol. The van der Waals surface area contributed by atoms with Crippen LogP contribution in [-0.4, -0.2) is 17.9 Å². The number of anilines is 1. The number of para-hydroxylation sites is 2. The summed E-state index contributed by atoms with van der Waals surface area (Å²) in [5, 5.41) is 11.0. The van der Waals surface area contributed by atoms with E-state index in [9.17, 15) is 14.9 Å². The highest BCUT2D eigenvalue weighted by Crippen LogP contribution is 2.28. The SMILES string of the molecule is Cc1ccccc1C(=O)N(C)c1ccccc1[N+](=O)[O-]. The van der Waals surface area contributed by atoms with E-state index < -0.39 is 4.92 Å². The summed E-state index contributed by atoms with van der Waals surface area (Å²) < 4.78 is 0. The Morgan fingerprint density at radius 1 is 1.10 bits per heavy atom. The number of benzene rings is 2. The van der Waals surface area contributed by atoms with E-state index in [4.69, 9.17) is 0 Å². The molecule has 5 heteroatoms. The second-order valence-corrected chi connectivity index (χ2v) is 4.42. The number of nitro groups is 1. The number of nitrogens with zero attached hydrogens (tertiary/aromatic N) is 2. The van der Waals surface area contributed by atoms with Crippen LogP contribution in [0.1, 0.15) is 15.9 Å². The molecule has 0 bridgehead atoms. The fraction of sp³-hybridized carbons (Fsp3) is 0.133. The molecule has 1 amide bonds. The Morgan fingerprint density at radius 2 is 1.70 bits per heavy atom. The van der Waals surface area contributed by atoms with Crippen LogP contribution in [0.4, 0.5) is 11.4 Å². The van der Waals surface area contributed by atoms with Crippen LogP contribution in [0.5, 0.6) is 0 Å². The third kappa shape index (κ3) is 2.51. The Labute approximate surface area is 116 Å². The average molecular weight is 270 g/mol. The molecule has 0 atom stereocenters. The summed E-state index contributed by atoms with van der Waals surface area (Å²) in [4.78, 5) is 24.3. The van der Waals surface area contributed by atoms with Gasteiger partial charge in [-0.3, -0.25) is 14.9 Å². The van der Waals surface area contributed by atoms with Crippen molar-refractivity contribution in [3.8, 4) is 0 Å². The quantitative estimate of drug-likeness (QED) is 0.635. The maximum absolute atomic E-state index is 12.4. The highest BCUT2D eigenvalue weighted by molar-refractivity contribution is 6.07. The van der Waals surface area contributed by atoms with Crippen molar-refractivity contribution in [1.29, 1.82) is 0 Å². The Hall–Kier alpha value is -2.69. The monoisotopic (exact) mass is 270 g/mol. The first kappa shape index (κ1) is 13.7. The van der Waals surface area contributed by atoms with Gasteiger partial charge in [-0.25, -0.2) is 0 Å². The highest BCUT2D eigenvalue weighted by atomic mass is 16.6. The van der Waals surface area contributed by atoms with Crippen LogP contribution in [-0.2, 0) is 0 Å². The first-order chi connectivity index (χ1) is 9.52. The maximum Gasteiger partial charge on any atom is 0.292 e. The Bertz CT molecular complexity index is 668. The number of rotatable bonds is 3. The van der Waals surface area contributed by atoms with Gasteiger partial charge < -0.3 is 4.90 Å². The van der Waals surface area contributed by atoms with E-state index in [0.717, 1.165) is 5.56 Å². The molecule has 0 radical (unpaired) electrons. The molecule has 0 N–H and O–H groups in total. The molecule has 0 unspecified atom stereocenters. The Balaban J connectivity index is 2.42. The number of nitro benzene ring substituents is 1. The van der Waals surface area contributed by atoms with Crippen molar-refractivity contribution in [2.24, 2.45) is 0 Å². The number of carbonyl (C=O) groups is 1. The standard InChI is InChI=1S/C15H14N2O3/c1-11-7-3-4-8-12(11)15(18)16(2)13-9-5-6-10-14(13)17(19)20/h3-10H,1-2H3. The zero-order valence-electron chi connectivity index (χ0n) is 11.2. The molecule has 5 nitrogen and oxygen atoms in total. The summed E-state index contributed by atoms with van der Waals surface area (Å²) in [5.74, 6) is -0.266. The van der Waals surface area contributed by atoms with Gasteiger partial charge in [0.15, 0.2) is 0 Å². The first-order valence-electron chi connectivity index (χ1n) is 6.09. The normalized spacial score (nSPS) is 10.1. The van der Waals surface area contributed by atoms with Gasteiger partial charge in [-0.05, 0) is 24.6 Å². The molecule has 0 heterocycles. The van der Waals surface area contributed by atoms with Crippen molar-refractivity contribution in [3.63, 3.8) is 0 Å². The molecule has 0 aromatic heterocycles. The van der Waals surface area contributed by atoms with Gasteiger partial charge in [0.05, 0.1) is 4.92 Å². The fourth-order valence-electron chi connectivity index (χ4n) is 2.01. The highest BCUT2D eigenvalue weighted by Gasteiger charge is 2.22. The maximum atomic E-state index is 12.4. The van der Waals surface area contributed by atoms with Gasteiger partial charge in [-0.2, -0.15) is 0 Å². The van der Waals surface area contributed by atoms with Crippen molar-refractivity contribution in [3.05, 3.63) is 69.8 Å². The lowest BCUT2D eigenvalue weighted by Crippen LogP contribution is -2.27. The van der Waals surface area contributed by atoms with Crippen LogP contribution in [0, 0.1) is 17.0 Å². The van der Waals surface area contributed by atoms with E-state index in [1.165, 1.54) is 18.0 Å². The molecule has 20 heavy (non-hydrogen) atoms. The van der Waals surface area contributed by atoms with Gasteiger partial charge in [0.25, 0.3) is 11.6 Å². The van der Waals surface area contributed by atoms with E-state index in [1.807, 2.05) is 19.1 Å². The average Bonchev–Trinajstić information content (AvgIpc) is 2.46. The van der Waals surface area contributed by atoms with Crippen LogP contribution < -0.4 is 4.90 Å².